The van der Waals surface area contributed by atoms with Crippen molar-refractivity contribution in [2.24, 2.45) is 11.7 Å². The molecule has 92 valence electrons. The van der Waals surface area contributed by atoms with E-state index in [0.717, 1.165) is 18.7 Å². The molecular weight excluding hydrogens is 214 g/mol. The second-order valence-electron chi connectivity index (χ2n) is 4.98. The normalized spacial score (nSPS) is 24.0. The topological polar surface area (TPSA) is 72.3 Å². The van der Waals surface area contributed by atoms with E-state index in [-0.39, 0.29) is 0 Å². The number of nitrogens with zero attached hydrogens (tertiary/aromatic N) is 1. The third kappa shape index (κ3) is 2.20. The molecule has 0 saturated carbocycles. The van der Waals surface area contributed by atoms with E-state index < -0.39 is 5.91 Å². The van der Waals surface area contributed by atoms with Gasteiger partial charge in [0.05, 0.1) is 5.56 Å². The second-order valence-corrected chi connectivity index (χ2v) is 4.98. The Hall–Kier alpha value is -1.71. The molecule has 4 N–H and O–H groups in total. The van der Waals surface area contributed by atoms with Crippen LogP contribution in [0.15, 0.2) is 18.2 Å². The Labute approximate surface area is 102 Å². The Morgan fingerprint density at radius 3 is 2.65 bits per heavy atom. The van der Waals surface area contributed by atoms with Gasteiger partial charge < -0.3 is 16.4 Å². The fourth-order valence-electron chi connectivity index (χ4n) is 2.64. The summed E-state index contributed by atoms with van der Waals surface area (Å²) in [5.74, 6) is 0.224. The molecule has 1 aliphatic heterocycles. The van der Waals surface area contributed by atoms with Crippen LogP contribution in [0.3, 0.4) is 0 Å². The minimum atomic E-state index is -0.418. The molecule has 0 radical (unpaired) electrons. The van der Waals surface area contributed by atoms with Gasteiger partial charge in [0.1, 0.15) is 0 Å². The summed E-state index contributed by atoms with van der Waals surface area (Å²) in [4.78, 5) is 13.7. The van der Waals surface area contributed by atoms with Gasteiger partial charge in [-0.3, -0.25) is 4.79 Å². The first-order chi connectivity index (χ1) is 7.99. The zero-order chi connectivity index (χ0) is 12.6. The van der Waals surface area contributed by atoms with Gasteiger partial charge in [0.2, 0.25) is 0 Å². The molecule has 0 aromatic heterocycles. The van der Waals surface area contributed by atoms with Crippen LogP contribution in [-0.2, 0) is 0 Å². The molecule has 1 aromatic rings. The zero-order valence-corrected chi connectivity index (χ0v) is 10.3. The van der Waals surface area contributed by atoms with Gasteiger partial charge in [-0.05, 0) is 37.5 Å². The summed E-state index contributed by atoms with van der Waals surface area (Å²) in [5.41, 5.74) is 13.1. The molecule has 1 amide bonds. The van der Waals surface area contributed by atoms with Gasteiger partial charge in [-0.1, -0.05) is 6.92 Å². The predicted octanol–water partition coefficient (Wildman–Crippen LogP) is 1.60. The number of carbonyl (C=O) groups excluding carboxylic acids is 1. The molecular formula is C13H19N3O. The van der Waals surface area contributed by atoms with Gasteiger partial charge in [0, 0.05) is 24.0 Å². The zero-order valence-electron chi connectivity index (χ0n) is 10.3. The van der Waals surface area contributed by atoms with Crippen LogP contribution in [0.1, 0.15) is 30.6 Å². The van der Waals surface area contributed by atoms with Crippen molar-refractivity contribution in [2.45, 2.75) is 26.3 Å². The summed E-state index contributed by atoms with van der Waals surface area (Å²) in [6.45, 7) is 5.35. The van der Waals surface area contributed by atoms with Crippen LogP contribution in [0, 0.1) is 5.92 Å². The predicted molar refractivity (Wildman–Crippen MR) is 70.0 cm³/mol. The number of amides is 1. The van der Waals surface area contributed by atoms with E-state index >= 15 is 0 Å². The maximum atomic E-state index is 11.5. The lowest BCUT2D eigenvalue weighted by Crippen LogP contribution is -2.29. The van der Waals surface area contributed by atoms with Crippen LogP contribution in [0.5, 0.6) is 0 Å². The number of nitrogens with two attached hydrogens (primary N) is 2. The van der Waals surface area contributed by atoms with E-state index in [1.54, 1.807) is 6.07 Å². The van der Waals surface area contributed by atoms with E-state index in [4.69, 9.17) is 11.5 Å². The molecule has 2 rings (SSSR count). The van der Waals surface area contributed by atoms with Crippen molar-refractivity contribution in [1.82, 2.24) is 0 Å². The van der Waals surface area contributed by atoms with E-state index in [1.807, 2.05) is 12.1 Å². The number of rotatable bonds is 2. The van der Waals surface area contributed by atoms with Crippen molar-refractivity contribution >= 4 is 17.3 Å². The highest BCUT2D eigenvalue weighted by atomic mass is 16.1. The monoisotopic (exact) mass is 233 g/mol. The van der Waals surface area contributed by atoms with Crippen LogP contribution < -0.4 is 16.4 Å². The molecule has 2 atom stereocenters. The van der Waals surface area contributed by atoms with Gasteiger partial charge in [-0.2, -0.15) is 0 Å². The summed E-state index contributed by atoms with van der Waals surface area (Å²) in [7, 11) is 0. The Morgan fingerprint density at radius 1 is 1.41 bits per heavy atom. The van der Waals surface area contributed by atoms with Crippen molar-refractivity contribution in [1.29, 1.82) is 0 Å². The van der Waals surface area contributed by atoms with Gasteiger partial charge in [0.15, 0.2) is 0 Å². The van der Waals surface area contributed by atoms with Crippen LogP contribution in [-0.4, -0.2) is 18.5 Å². The first kappa shape index (κ1) is 11.8. The number of hydrogen-bond donors (Lipinski definition) is 2. The number of anilines is 2. The minimum absolute atomic E-state index is 0.418. The Balaban J connectivity index is 2.41. The van der Waals surface area contributed by atoms with Crippen molar-refractivity contribution < 1.29 is 4.79 Å². The number of carbonyl (C=O) groups is 1. The molecule has 2 unspecified atom stereocenters. The van der Waals surface area contributed by atoms with Crippen LogP contribution >= 0.6 is 0 Å². The molecule has 4 heteroatoms. The maximum absolute atomic E-state index is 11.5. The quantitative estimate of drug-likeness (QED) is 0.762. The smallest absolute Gasteiger partial charge is 0.250 e. The first-order valence-corrected chi connectivity index (χ1v) is 5.95. The molecule has 17 heavy (non-hydrogen) atoms. The van der Waals surface area contributed by atoms with Crippen LogP contribution in [0.4, 0.5) is 11.4 Å². The Bertz CT molecular complexity index is 444. The lowest BCUT2D eigenvalue weighted by atomic mass is 10.1. The third-order valence-corrected chi connectivity index (χ3v) is 3.38. The largest absolute Gasteiger partial charge is 0.399 e. The highest BCUT2D eigenvalue weighted by Gasteiger charge is 2.28. The van der Waals surface area contributed by atoms with Gasteiger partial charge in [-0.15, -0.1) is 0 Å². The van der Waals surface area contributed by atoms with Crippen molar-refractivity contribution in [3.8, 4) is 0 Å². The lowest BCUT2D eigenvalue weighted by Gasteiger charge is -2.26. The number of hydrogen-bond acceptors (Lipinski definition) is 3. The summed E-state index contributed by atoms with van der Waals surface area (Å²) >= 11 is 0. The number of benzene rings is 1. The summed E-state index contributed by atoms with van der Waals surface area (Å²) in [6, 6.07) is 5.81. The molecule has 0 spiro atoms. The molecule has 1 aliphatic rings. The highest BCUT2D eigenvalue weighted by molar-refractivity contribution is 5.99. The fourth-order valence-corrected chi connectivity index (χ4v) is 2.64. The molecule has 1 aromatic carbocycles. The SMILES string of the molecule is CC1CC(C)N(c2ccc(N)cc2C(N)=O)C1. The summed E-state index contributed by atoms with van der Waals surface area (Å²) < 4.78 is 0. The molecule has 1 saturated heterocycles. The van der Waals surface area contributed by atoms with Crippen molar-refractivity contribution in [3.05, 3.63) is 23.8 Å². The Kier molecular flexibility index (Phi) is 2.96. The fraction of sp³-hybridized carbons (Fsp3) is 0.462. The molecule has 4 nitrogen and oxygen atoms in total. The number of primary amides is 1. The van der Waals surface area contributed by atoms with Gasteiger partial charge in [0.25, 0.3) is 5.91 Å². The molecule has 0 bridgehead atoms. The van der Waals surface area contributed by atoms with Crippen LogP contribution in [0.2, 0.25) is 0 Å². The average molecular weight is 233 g/mol. The van der Waals surface area contributed by atoms with Crippen molar-refractivity contribution in [2.75, 3.05) is 17.2 Å². The maximum Gasteiger partial charge on any atom is 0.250 e. The van der Waals surface area contributed by atoms with E-state index in [9.17, 15) is 4.79 Å². The first-order valence-electron chi connectivity index (χ1n) is 5.95. The average Bonchev–Trinajstić information content (AvgIpc) is 2.57. The minimum Gasteiger partial charge on any atom is -0.399 e. The Morgan fingerprint density at radius 2 is 2.12 bits per heavy atom. The number of nitrogen functional groups attached to an aromatic ring is 1. The standard InChI is InChI=1S/C13H19N3O/c1-8-5-9(2)16(7-8)12-4-3-10(14)6-11(12)13(15)17/h3-4,6,8-9H,5,7,14H2,1-2H3,(H2,15,17). The molecule has 1 fully saturated rings. The third-order valence-electron chi connectivity index (χ3n) is 3.38. The highest BCUT2D eigenvalue weighted by Crippen LogP contribution is 2.32. The van der Waals surface area contributed by atoms with E-state index in [2.05, 4.69) is 18.7 Å². The molecule has 0 aliphatic carbocycles. The second kappa shape index (κ2) is 4.28. The van der Waals surface area contributed by atoms with Gasteiger partial charge >= 0.3 is 0 Å². The summed E-state index contributed by atoms with van der Waals surface area (Å²) in [5, 5.41) is 0. The van der Waals surface area contributed by atoms with Crippen molar-refractivity contribution in [3.63, 3.8) is 0 Å². The summed E-state index contributed by atoms with van der Waals surface area (Å²) in [6.07, 6.45) is 1.14. The van der Waals surface area contributed by atoms with E-state index in [0.29, 0.717) is 23.2 Å². The van der Waals surface area contributed by atoms with Crippen LogP contribution in [0.25, 0.3) is 0 Å². The lowest BCUT2D eigenvalue weighted by molar-refractivity contribution is 0.100. The van der Waals surface area contributed by atoms with Gasteiger partial charge in [-0.25, -0.2) is 0 Å². The van der Waals surface area contributed by atoms with E-state index in [1.165, 1.54) is 0 Å². The molecule has 1 heterocycles.